The molecule has 0 amide bonds. The summed E-state index contributed by atoms with van der Waals surface area (Å²) in [5, 5.41) is 12.6. The van der Waals surface area contributed by atoms with Crippen LogP contribution in [0.3, 0.4) is 0 Å². The van der Waals surface area contributed by atoms with Crippen molar-refractivity contribution < 1.29 is 22.7 Å². The maximum Gasteiger partial charge on any atom is 0.408 e. The Morgan fingerprint density at radius 2 is 1.95 bits per heavy atom. The quantitative estimate of drug-likeness (QED) is 0.881. The number of rotatable bonds is 3. The minimum absolute atomic E-state index is 0.177. The van der Waals surface area contributed by atoms with Gasteiger partial charge in [0.15, 0.2) is 0 Å². The van der Waals surface area contributed by atoms with E-state index in [1.165, 1.54) is 18.5 Å². The Kier molecular flexibility index (Phi) is 3.80. The number of aliphatic hydroxyl groups excluding tert-OH is 1. The minimum atomic E-state index is -4.36. The molecule has 1 N–H and O–H groups in total. The molecule has 0 spiro atoms. The lowest BCUT2D eigenvalue weighted by molar-refractivity contribution is -0.142. The number of hydrogen-bond donors (Lipinski definition) is 1. The van der Waals surface area contributed by atoms with E-state index in [9.17, 15) is 17.6 Å². The van der Waals surface area contributed by atoms with Gasteiger partial charge in [-0.15, -0.1) is 0 Å². The van der Waals surface area contributed by atoms with Gasteiger partial charge < -0.3 is 5.11 Å². The van der Waals surface area contributed by atoms with E-state index < -0.39 is 25.1 Å². The molecule has 108 valence electrons. The number of halogens is 4. The first-order chi connectivity index (χ1) is 9.30. The van der Waals surface area contributed by atoms with Crippen molar-refractivity contribution in [3.05, 3.63) is 41.5 Å². The van der Waals surface area contributed by atoms with Gasteiger partial charge in [0.05, 0.1) is 12.8 Å². The first kappa shape index (κ1) is 14.5. The molecule has 0 saturated heterocycles. The van der Waals surface area contributed by atoms with E-state index >= 15 is 0 Å². The van der Waals surface area contributed by atoms with Gasteiger partial charge in [-0.3, -0.25) is 4.68 Å². The van der Waals surface area contributed by atoms with Crippen molar-refractivity contribution in [2.75, 3.05) is 0 Å². The van der Waals surface area contributed by atoms with Crippen LogP contribution in [0.5, 0.6) is 0 Å². The van der Waals surface area contributed by atoms with E-state index in [-0.39, 0.29) is 5.56 Å². The Balaban J connectivity index is 2.33. The number of hydrogen-bond acceptors (Lipinski definition) is 2. The topological polar surface area (TPSA) is 38.0 Å². The number of alkyl halides is 3. The van der Waals surface area contributed by atoms with Crippen LogP contribution in [0.1, 0.15) is 11.1 Å². The van der Waals surface area contributed by atoms with Crippen molar-refractivity contribution >= 4 is 0 Å². The summed E-state index contributed by atoms with van der Waals surface area (Å²) in [4.78, 5) is 0. The molecule has 0 saturated carbocycles. The molecule has 20 heavy (non-hydrogen) atoms. The summed E-state index contributed by atoms with van der Waals surface area (Å²) < 4.78 is 51.2. The Bertz CT molecular complexity index is 596. The van der Waals surface area contributed by atoms with E-state index in [0.717, 1.165) is 4.68 Å². The minimum Gasteiger partial charge on any atom is -0.392 e. The van der Waals surface area contributed by atoms with Gasteiger partial charge in [-0.2, -0.15) is 18.3 Å². The molecular weight excluding hydrogens is 276 g/mol. The van der Waals surface area contributed by atoms with Gasteiger partial charge in [-0.25, -0.2) is 4.39 Å². The summed E-state index contributed by atoms with van der Waals surface area (Å²) in [5.41, 5.74) is 1.52. The van der Waals surface area contributed by atoms with E-state index in [1.807, 2.05) is 0 Å². The van der Waals surface area contributed by atoms with Crippen molar-refractivity contribution in [1.82, 2.24) is 9.78 Å². The summed E-state index contributed by atoms with van der Waals surface area (Å²) in [6.07, 6.45) is -1.90. The van der Waals surface area contributed by atoms with E-state index in [4.69, 9.17) is 5.11 Å². The van der Waals surface area contributed by atoms with Gasteiger partial charge in [-0.05, 0) is 24.1 Å². The standard InChI is InChI=1S/C13H12F4N2O/c1-8-2-9(3-12(14)11(8)6-20)10-4-18-19(5-10)7-13(15,16)17/h2-5,20H,6-7H2,1H3. The third-order valence-corrected chi connectivity index (χ3v) is 2.88. The number of aromatic nitrogens is 2. The molecule has 0 unspecified atom stereocenters. The van der Waals surface area contributed by atoms with Crippen LogP contribution in [0, 0.1) is 12.7 Å². The van der Waals surface area contributed by atoms with Crippen molar-refractivity contribution in [1.29, 1.82) is 0 Å². The molecule has 0 fully saturated rings. The molecule has 1 aromatic carbocycles. The third-order valence-electron chi connectivity index (χ3n) is 2.88. The molecule has 0 aliphatic rings. The maximum absolute atomic E-state index is 13.7. The largest absolute Gasteiger partial charge is 0.408 e. The fourth-order valence-corrected chi connectivity index (χ4v) is 1.92. The van der Waals surface area contributed by atoms with Crippen molar-refractivity contribution in [2.24, 2.45) is 0 Å². The van der Waals surface area contributed by atoms with Gasteiger partial charge in [-0.1, -0.05) is 6.07 Å². The second-order valence-corrected chi connectivity index (χ2v) is 4.45. The SMILES string of the molecule is Cc1cc(-c2cnn(CC(F)(F)F)c2)cc(F)c1CO. The number of aryl methyl sites for hydroxylation is 1. The summed E-state index contributed by atoms with van der Waals surface area (Å²) >= 11 is 0. The Morgan fingerprint density at radius 1 is 1.25 bits per heavy atom. The summed E-state index contributed by atoms with van der Waals surface area (Å²) in [5.74, 6) is -0.592. The predicted molar refractivity (Wildman–Crippen MR) is 64.3 cm³/mol. The predicted octanol–water partition coefficient (Wildman–Crippen LogP) is 3.05. The molecule has 0 aliphatic carbocycles. The van der Waals surface area contributed by atoms with E-state index in [0.29, 0.717) is 16.7 Å². The highest BCUT2D eigenvalue weighted by atomic mass is 19.4. The number of aliphatic hydroxyl groups is 1. The fourth-order valence-electron chi connectivity index (χ4n) is 1.92. The molecule has 3 nitrogen and oxygen atoms in total. The Hall–Kier alpha value is -1.89. The highest BCUT2D eigenvalue weighted by molar-refractivity contribution is 5.63. The molecule has 1 aromatic heterocycles. The van der Waals surface area contributed by atoms with Crippen molar-refractivity contribution in [3.8, 4) is 11.1 Å². The second-order valence-electron chi connectivity index (χ2n) is 4.45. The zero-order valence-corrected chi connectivity index (χ0v) is 10.6. The van der Waals surface area contributed by atoms with Gasteiger partial charge in [0, 0.05) is 17.3 Å². The van der Waals surface area contributed by atoms with Crippen LogP contribution in [0.15, 0.2) is 24.5 Å². The molecule has 0 atom stereocenters. The lowest BCUT2D eigenvalue weighted by Crippen LogP contribution is -2.17. The van der Waals surface area contributed by atoms with Gasteiger partial charge in [0.2, 0.25) is 0 Å². The summed E-state index contributed by atoms with van der Waals surface area (Å²) in [6, 6.07) is 2.77. The third kappa shape index (κ3) is 3.16. The molecule has 2 rings (SSSR count). The van der Waals surface area contributed by atoms with Gasteiger partial charge in [0.1, 0.15) is 12.4 Å². The molecule has 0 radical (unpaired) electrons. The van der Waals surface area contributed by atoms with Crippen LogP contribution >= 0.6 is 0 Å². The second kappa shape index (κ2) is 5.24. The lowest BCUT2D eigenvalue weighted by Gasteiger charge is -2.07. The van der Waals surface area contributed by atoms with Crippen LogP contribution in [0.4, 0.5) is 17.6 Å². The maximum atomic E-state index is 13.7. The van der Waals surface area contributed by atoms with Crippen LogP contribution in [0.25, 0.3) is 11.1 Å². The van der Waals surface area contributed by atoms with E-state index in [1.54, 1.807) is 13.0 Å². The Labute approximate surface area is 112 Å². The molecule has 1 heterocycles. The van der Waals surface area contributed by atoms with Crippen LogP contribution in [0.2, 0.25) is 0 Å². The lowest BCUT2D eigenvalue weighted by atomic mass is 10.0. The molecule has 7 heteroatoms. The highest BCUT2D eigenvalue weighted by Crippen LogP contribution is 2.25. The van der Waals surface area contributed by atoms with Gasteiger partial charge in [0.25, 0.3) is 0 Å². The Morgan fingerprint density at radius 3 is 2.50 bits per heavy atom. The molecule has 0 aliphatic heterocycles. The summed E-state index contributed by atoms with van der Waals surface area (Å²) in [6.45, 7) is 0.00669. The van der Waals surface area contributed by atoms with Crippen molar-refractivity contribution in [2.45, 2.75) is 26.3 Å². The smallest absolute Gasteiger partial charge is 0.392 e. The number of benzene rings is 1. The van der Waals surface area contributed by atoms with Crippen LogP contribution in [-0.2, 0) is 13.2 Å². The fraction of sp³-hybridized carbons (Fsp3) is 0.308. The zero-order chi connectivity index (χ0) is 14.9. The molecular formula is C13H12F4N2O. The van der Waals surface area contributed by atoms with Crippen LogP contribution < -0.4 is 0 Å². The first-order valence-corrected chi connectivity index (χ1v) is 5.79. The monoisotopic (exact) mass is 288 g/mol. The molecule has 0 bridgehead atoms. The van der Waals surface area contributed by atoms with Crippen molar-refractivity contribution in [3.63, 3.8) is 0 Å². The summed E-state index contributed by atoms with van der Waals surface area (Å²) in [7, 11) is 0. The average molecular weight is 288 g/mol. The number of nitrogens with zero attached hydrogens (tertiary/aromatic N) is 2. The first-order valence-electron chi connectivity index (χ1n) is 5.79. The molecule has 2 aromatic rings. The average Bonchev–Trinajstić information content (AvgIpc) is 2.74. The normalized spacial score (nSPS) is 11.9. The zero-order valence-electron chi connectivity index (χ0n) is 10.6. The van der Waals surface area contributed by atoms with Gasteiger partial charge >= 0.3 is 6.18 Å². The van der Waals surface area contributed by atoms with Crippen LogP contribution in [-0.4, -0.2) is 21.1 Å². The highest BCUT2D eigenvalue weighted by Gasteiger charge is 2.28. The van der Waals surface area contributed by atoms with E-state index in [2.05, 4.69) is 5.10 Å².